The summed E-state index contributed by atoms with van der Waals surface area (Å²) < 4.78 is 13.4. The summed E-state index contributed by atoms with van der Waals surface area (Å²) in [5.74, 6) is 0.894. The molecule has 3 aromatic heterocycles. The number of anilines is 3. The molecule has 0 spiro atoms. The molecule has 1 saturated heterocycles. The smallest absolute Gasteiger partial charge is 0.231 e. The Bertz CT molecular complexity index is 1350. The van der Waals surface area contributed by atoms with Gasteiger partial charge in [-0.15, -0.1) is 20.4 Å². The van der Waals surface area contributed by atoms with Crippen molar-refractivity contribution in [1.82, 2.24) is 25.4 Å². The van der Waals surface area contributed by atoms with Crippen LogP contribution in [0.3, 0.4) is 0 Å². The van der Waals surface area contributed by atoms with Crippen LogP contribution >= 0.6 is 11.3 Å². The van der Waals surface area contributed by atoms with E-state index >= 15 is 0 Å². The number of halogens is 1. The average Bonchev–Trinajstić information content (AvgIpc) is 3.38. The van der Waals surface area contributed by atoms with Crippen molar-refractivity contribution in [2.24, 2.45) is 0 Å². The van der Waals surface area contributed by atoms with Crippen molar-refractivity contribution >= 4 is 34.0 Å². The highest BCUT2D eigenvalue weighted by Gasteiger charge is 2.25. The molecule has 0 saturated carbocycles. The third-order valence-electron chi connectivity index (χ3n) is 6.20. The van der Waals surface area contributed by atoms with Gasteiger partial charge in [0.2, 0.25) is 11.0 Å². The third-order valence-corrected chi connectivity index (χ3v) is 7.22. The normalized spacial score (nSPS) is 14.7. The van der Waals surface area contributed by atoms with Crippen molar-refractivity contribution in [1.29, 1.82) is 0 Å². The van der Waals surface area contributed by atoms with E-state index in [1.54, 1.807) is 36.5 Å². The molecule has 1 amide bonds. The van der Waals surface area contributed by atoms with E-state index in [2.05, 4.69) is 40.9 Å². The Kier molecular flexibility index (Phi) is 8.09. The predicted molar refractivity (Wildman–Crippen MR) is 142 cm³/mol. The lowest BCUT2D eigenvalue weighted by Gasteiger charge is -2.31. The summed E-state index contributed by atoms with van der Waals surface area (Å²) in [5.41, 5.74) is 1.39. The van der Waals surface area contributed by atoms with Crippen LogP contribution in [0.5, 0.6) is 0 Å². The topological polar surface area (TPSA) is 129 Å². The van der Waals surface area contributed by atoms with E-state index in [-0.39, 0.29) is 30.5 Å². The lowest BCUT2D eigenvalue weighted by molar-refractivity contribution is -0.115. The average molecular weight is 535 g/mol. The van der Waals surface area contributed by atoms with Gasteiger partial charge in [-0.25, -0.2) is 4.39 Å². The number of aromatic nitrogens is 5. The van der Waals surface area contributed by atoms with Gasteiger partial charge in [-0.2, -0.15) is 0 Å². The van der Waals surface area contributed by atoms with Crippen molar-refractivity contribution in [2.75, 3.05) is 28.6 Å². The van der Waals surface area contributed by atoms with Gasteiger partial charge in [-0.3, -0.25) is 9.78 Å². The van der Waals surface area contributed by atoms with Gasteiger partial charge in [0.15, 0.2) is 11.6 Å². The van der Waals surface area contributed by atoms with E-state index in [0.717, 1.165) is 36.8 Å². The molecule has 1 aliphatic rings. The number of amides is 1. The van der Waals surface area contributed by atoms with Gasteiger partial charge in [-0.1, -0.05) is 29.5 Å². The fraction of sp³-hybridized carbons (Fsp3) is 0.308. The van der Waals surface area contributed by atoms with Crippen LogP contribution in [0, 0.1) is 5.82 Å². The lowest BCUT2D eigenvalue weighted by atomic mass is 9.98. The Labute approximate surface area is 223 Å². The van der Waals surface area contributed by atoms with Gasteiger partial charge >= 0.3 is 0 Å². The van der Waals surface area contributed by atoms with Gasteiger partial charge in [0, 0.05) is 37.3 Å². The van der Waals surface area contributed by atoms with Crippen molar-refractivity contribution < 1.29 is 14.3 Å². The number of nitrogens with one attached hydrogen (secondary N) is 2. The number of aliphatic hydroxyl groups excluding tert-OH is 1. The number of pyridine rings is 1. The minimum atomic E-state index is -0.888. The summed E-state index contributed by atoms with van der Waals surface area (Å²) in [6, 6.07) is 15.2. The number of benzene rings is 1. The lowest BCUT2D eigenvalue weighted by Crippen LogP contribution is -2.33. The molecule has 1 unspecified atom stereocenters. The number of nitrogens with zero attached hydrogens (tertiary/aromatic N) is 6. The number of piperidine rings is 1. The highest BCUT2D eigenvalue weighted by molar-refractivity contribution is 7.15. The number of carbonyl (C=O) groups excluding carboxylic acids is 1. The zero-order valence-electron chi connectivity index (χ0n) is 20.5. The Morgan fingerprint density at radius 1 is 1.08 bits per heavy atom. The Morgan fingerprint density at radius 2 is 1.95 bits per heavy atom. The van der Waals surface area contributed by atoms with Crippen LogP contribution in [0.4, 0.5) is 21.2 Å². The predicted octanol–water partition coefficient (Wildman–Crippen LogP) is 3.40. The molecule has 10 nitrogen and oxygen atoms in total. The highest BCUT2D eigenvalue weighted by Crippen LogP contribution is 2.33. The fourth-order valence-electron chi connectivity index (χ4n) is 4.31. The quantitative estimate of drug-likeness (QED) is 0.277. The molecular weight excluding hydrogens is 507 g/mol. The molecule has 0 bridgehead atoms. The molecule has 0 aliphatic carbocycles. The van der Waals surface area contributed by atoms with Gasteiger partial charge in [0.1, 0.15) is 17.1 Å². The second-order valence-electron chi connectivity index (χ2n) is 9.02. The number of hydrogen-bond donors (Lipinski definition) is 3. The largest absolute Gasteiger partial charge is 0.373 e. The van der Waals surface area contributed by atoms with Crippen LogP contribution in [0.2, 0.25) is 0 Å². The minimum absolute atomic E-state index is 0.173. The van der Waals surface area contributed by atoms with E-state index in [4.69, 9.17) is 0 Å². The first-order chi connectivity index (χ1) is 18.5. The van der Waals surface area contributed by atoms with Crippen molar-refractivity contribution in [3.8, 4) is 0 Å². The van der Waals surface area contributed by atoms with E-state index in [1.807, 2.05) is 12.1 Å². The first-order valence-corrected chi connectivity index (χ1v) is 13.1. The minimum Gasteiger partial charge on any atom is -0.373 e. The molecular formula is C26H27FN8O2S. The Balaban J connectivity index is 1.09. The van der Waals surface area contributed by atoms with Gasteiger partial charge < -0.3 is 20.6 Å². The number of rotatable bonds is 9. The zero-order chi connectivity index (χ0) is 26.3. The Morgan fingerprint density at radius 3 is 2.68 bits per heavy atom. The van der Waals surface area contributed by atoms with Crippen molar-refractivity contribution in [3.05, 3.63) is 82.9 Å². The van der Waals surface area contributed by atoms with Crippen molar-refractivity contribution in [3.63, 3.8) is 0 Å². The molecule has 4 heterocycles. The van der Waals surface area contributed by atoms with Crippen LogP contribution in [-0.2, 0) is 17.6 Å². The first kappa shape index (κ1) is 25.6. The molecule has 1 aromatic carbocycles. The summed E-state index contributed by atoms with van der Waals surface area (Å²) in [6.45, 7) is 1.57. The highest BCUT2D eigenvalue weighted by atomic mass is 32.1. The number of hydrogen-bond acceptors (Lipinski definition) is 10. The Hall–Kier alpha value is -4.03. The summed E-state index contributed by atoms with van der Waals surface area (Å²) in [6.07, 6.45) is 2.96. The number of aliphatic hydroxyl groups is 1. The molecule has 0 radical (unpaired) electrons. The maximum absolute atomic E-state index is 13.4. The third kappa shape index (κ3) is 6.84. The molecule has 1 atom stereocenters. The molecule has 38 heavy (non-hydrogen) atoms. The van der Waals surface area contributed by atoms with Crippen LogP contribution in [0.1, 0.15) is 35.0 Å². The monoisotopic (exact) mass is 534 g/mol. The first-order valence-electron chi connectivity index (χ1n) is 12.3. The van der Waals surface area contributed by atoms with Crippen LogP contribution in [0.15, 0.2) is 60.8 Å². The fourth-order valence-corrected chi connectivity index (χ4v) is 5.27. The molecule has 5 rings (SSSR count). The summed E-state index contributed by atoms with van der Waals surface area (Å²) in [5, 5.41) is 34.4. The van der Waals surface area contributed by atoms with Crippen LogP contribution in [-0.4, -0.2) is 55.7 Å². The standard InChI is InChI=1S/C26H27FN8O2S/c27-19-5-3-4-17(14-19)15-23(36)30-26-34-33-25(38-26)18-9-12-35(13-10-18)22-8-7-21(31-32-22)29-24(37)16-20-6-1-2-11-28-20/h1-8,11,14,18,23,36H,9-10,12-13,15-16H2,(H,30,34)(H,29,31,37). The van der Waals surface area contributed by atoms with Crippen LogP contribution in [0.25, 0.3) is 0 Å². The molecule has 12 heteroatoms. The summed E-state index contributed by atoms with van der Waals surface area (Å²) >= 11 is 1.43. The zero-order valence-corrected chi connectivity index (χ0v) is 21.3. The van der Waals surface area contributed by atoms with Gasteiger partial charge in [-0.05, 0) is 54.8 Å². The molecule has 3 N–H and O–H groups in total. The SMILES string of the molecule is O=C(Cc1ccccn1)Nc1ccc(N2CCC(c3nnc(NC(O)Cc4cccc(F)c4)s3)CC2)nn1. The van der Waals surface area contributed by atoms with Crippen LogP contribution < -0.4 is 15.5 Å². The van der Waals surface area contributed by atoms with Gasteiger partial charge in [0.25, 0.3) is 0 Å². The molecule has 196 valence electrons. The number of carbonyl (C=O) groups is 1. The second kappa shape index (κ2) is 12.0. The maximum atomic E-state index is 13.4. The summed E-state index contributed by atoms with van der Waals surface area (Å²) in [7, 11) is 0. The second-order valence-corrected chi connectivity index (χ2v) is 10.0. The maximum Gasteiger partial charge on any atom is 0.231 e. The van der Waals surface area contributed by atoms with E-state index in [0.29, 0.717) is 22.2 Å². The van der Waals surface area contributed by atoms with E-state index < -0.39 is 6.23 Å². The molecule has 1 fully saturated rings. The van der Waals surface area contributed by atoms with E-state index in [9.17, 15) is 14.3 Å². The summed E-state index contributed by atoms with van der Waals surface area (Å²) in [4.78, 5) is 18.5. The van der Waals surface area contributed by atoms with Crippen molar-refractivity contribution in [2.45, 2.75) is 37.8 Å². The van der Waals surface area contributed by atoms with E-state index in [1.165, 1.54) is 23.5 Å². The van der Waals surface area contributed by atoms with Gasteiger partial charge in [0.05, 0.1) is 6.42 Å². The molecule has 1 aliphatic heterocycles. The molecule has 4 aromatic rings.